The molecule has 28 heavy (non-hydrogen) atoms. The summed E-state index contributed by atoms with van der Waals surface area (Å²) in [5.74, 6) is 0.422. The third kappa shape index (κ3) is 3.85. The van der Waals surface area contributed by atoms with E-state index in [2.05, 4.69) is 10.3 Å². The van der Waals surface area contributed by atoms with Gasteiger partial charge in [-0.1, -0.05) is 46.9 Å². The second-order valence-electron chi connectivity index (χ2n) is 6.19. The number of carbonyl (C=O) groups is 1. The molecule has 0 saturated carbocycles. The fourth-order valence-electron chi connectivity index (χ4n) is 2.99. The number of hydrogen-bond donors (Lipinski definition) is 1. The van der Waals surface area contributed by atoms with Crippen LogP contribution in [0.3, 0.4) is 0 Å². The zero-order valence-electron chi connectivity index (χ0n) is 14.5. The molecule has 0 aliphatic heterocycles. The van der Waals surface area contributed by atoms with Crippen LogP contribution in [0.25, 0.3) is 22.4 Å². The van der Waals surface area contributed by atoms with Crippen LogP contribution in [0.4, 0.5) is 5.69 Å². The van der Waals surface area contributed by atoms with Gasteiger partial charge in [-0.3, -0.25) is 4.79 Å². The fourth-order valence-corrected chi connectivity index (χ4v) is 3.61. The lowest BCUT2D eigenvalue weighted by molar-refractivity contribution is -0.116. The van der Waals surface area contributed by atoms with E-state index in [9.17, 15) is 4.79 Å². The summed E-state index contributed by atoms with van der Waals surface area (Å²) in [6.07, 6.45) is 0. The molecule has 0 saturated heterocycles. The number of aromatic nitrogens is 2. The predicted octanol–water partition coefficient (Wildman–Crippen LogP) is 6.30. The molecule has 0 unspecified atom stereocenters. The molecule has 7 heteroatoms. The van der Waals surface area contributed by atoms with Crippen LogP contribution in [0, 0.1) is 0 Å². The summed E-state index contributed by atoms with van der Waals surface area (Å²) in [6, 6.07) is 19.8. The first-order valence-corrected chi connectivity index (χ1v) is 9.61. The van der Waals surface area contributed by atoms with Crippen molar-refractivity contribution in [3.05, 3.63) is 81.8 Å². The van der Waals surface area contributed by atoms with E-state index >= 15 is 0 Å². The fraction of sp³-hybridized carbons (Fsp3) is 0.0476. The number of halogens is 3. The van der Waals surface area contributed by atoms with E-state index in [0.29, 0.717) is 32.1 Å². The average Bonchev–Trinajstić information content (AvgIpc) is 3.02. The van der Waals surface area contributed by atoms with Gasteiger partial charge < -0.3 is 9.88 Å². The highest BCUT2D eigenvalue weighted by Crippen LogP contribution is 2.32. The maximum Gasteiger partial charge on any atom is 0.244 e. The average molecular weight is 431 g/mol. The van der Waals surface area contributed by atoms with Crippen molar-refractivity contribution < 1.29 is 4.79 Å². The van der Waals surface area contributed by atoms with Gasteiger partial charge in [-0.2, -0.15) is 0 Å². The van der Waals surface area contributed by atoms with Crippen molar-refractivity contribution in [3.63, 3.8) is 0 Å². The molecule has 0 spiro atoms. The first kappa shape index (κ1) is 18.8. The number of fused-ring (bicyclic) bond motifs is 1. The molecule has 0 aliphatic carbocycles. The van der Waals surface area contributed by atoms with E-state index in [0.717, 1.165) is 11.0 Å². The van der Waals surface area contributed by atoms with Crippen molar-refractivity contribution in [2.45, 2.75) is 6.54 Å². The van der Waals surface area contributed by atoms with Gasteiger partial charge in [0.2, 0.25) is 5.91 Å². The molecule has 1 aromatic heterocycles. The van der Waals surface area contributed by atoms with E-state index in [1.807, 2.05) is 28.8 Å². The van der Waals surface area contributed by atoms with Gasteiger partial charge in [0.25, 0.3) is 0 Å². The molecule has 4 aromatic rings. The lowest BCUT2D eigenvalue weighted by Gasteiger charge is -2.11. The van der Waals surface area contributed by atoms with Gasteiger partial charge in [-0.25, -0.2) is 4.98 Å². The molecule has 1 amide bonds. The summed E-state index contributed by atoms with van der Waals surface area (Å²) in [4.78, 5) is 17.4. The van der Waals surface area contributed by atoms with Gasteiger partial charge in [-0.05, 0) is 54.6 Å². The van der Waals surface area contributed by atoms with Crippen LogP contribution < -0.4 is 5.32 Å². The first-order valence-electron chi connectivity index (χ1n) is 8.47. The molecular weight excluding hydrogens is 417 g/mol. The van der Waals surface area contributed by atoms with Crippen molar-refractivity contribution >= 4 is 57.4 Å². The Balaban J connectivity index is 1.72. The second-order valence-corrected chi connectivity index (χ2v) is 7.47. The van der Waals surface area contributed by atoms with Gasteiger partial charge in [0.1, 0.15) is 12.4 Å². The number of hydrogen-bond acceptors (Lipinski definition) is 2. The Morgan fingerprint density at radius 2 is 1.64 bits per heavy atom. The number of nitrogens with one attached hydrogen (secondary N) is 1. The third-order valence-electron chi connectivity index (χ3n) is 4.26. The molecule has 4 nitrogen and oxygen atoms in total. The van der Waals surface area contributed by atoms with Crippen molar-refractivity contribution in [1.82, 2.24) is 9.55 Å². The van der Waals surface area contributed by atoms with Gasteiger partial charge in [0.05, 0.1) is 16.1 Å². The molecule has 1 N–H and O–H groups in total. The number of amides is 1. The maximum absolute atomic E-state index is 12.7. The summed E-state index contributed by atoms with van der Waals surface area (Å²) >= 11 is 18.3. The Labute approximate surface area is 176 Å². The summed E-state index contributed by atoms with van der Waals surface area (Å²) in [6.45, 7) is 0.0808. The Kier molecular flexibility index (Phi) is 5.27. The second kappa shape index (κ2) is 7.84. The van der Waals surface area contributed by atoms with Crippen LogP contribution in [0.15, 0.2) is 66.7 Å². The van der Waals surface area contributed by atoms with Crippen LogP contribution in [0.5, 0.6) is 0 Å². The molecule has 0 radical (unpaired) electrons. The van der Waals surface area contributed by atoms with E-state index in [-0.39, 0.29) is 12.5 Å². The summed E-state index contributed by atoms with van der Waals surface area (Å²) in [7, 11) is 0. The molecule has 140 valence electrons. The quantitative estimate of drug-likeness (QED) is 0.413. The van der Waals surface area contributed by atoms with Crippen LogP contribution in [0.1, 0.15) is 0 Å². The van der Waals surface area contributed by atoms with Crippen LogP contribution in [0.2, 0.25) is 15.1 Å². The predicted molar refractivity (Wildman–Crippen MR) is 115 cm³/mol. The highest BCUT2D eigenvalue weighted by atomic mass is 35.5. The first-order chi connectivity index (χ1) is 13.5. The topological polar surface area (TPSA) is 46.9 Å². The molecule has 0 bridgehead atoms. The smallest absolute Gasteiger partial charge is 0.244 e. The third-order valence-corrected chi connectivity index (χ3v) is 5.06. The zero-order valence-corrected chi connectivity index (χ0v) is 16.8. The van der Waals surface area contributed by atoms with Crippen molar-refractivity contribution in [1.29, 1.82) is 0 Å². The van der Waals surface area contributed by atoms with E-state index in [4.69, 9.17) is 34.8 Å². The lowest BCUT2D eigenvalue weighted by Crippen LogP contribution is -2.19. The molecule has 1 heterocycles. The number of anilines is 1. The molecular formula is C21H14Cl3N3O. The van der Waals surface area contributed by atoms with Crippen LogP contribution in [-0.2, 0) is 11.3 Å². The Bertz CT molecular complexity index is 1170. The van der Waals surface area contributed by atoms with Crippen molar-refractivity contribution in [2.75, 3.05) is 5.32 Å². The Morgan fingerprint density at radius 1 is 0.929 bits per heavy atom. The lowest BCUT2D eigenvalue weighted by atomic mass is 10.2. The summed E-state index contributed by atoms with van der Waals surface area (Å²) in [5.41, 5.74) is 3.00. The molecule has 0 fully saturated rings. The normalized spacial score (nSPS) is 11.0. The number of nitrogens with zero attached hydrogens (tertiary/aromatic N) is 2. The minimum absolute atomic E-state index is 0.0808. The van der Waals surface area contributed by atoms with E-state index in [1.54, 1.807) is 42.5 Å². The van der Waals surface area contributed by atoms with Crippen LogP contribution >= 0.6 is 34.8 Å². The minimum Gasteiger partial charge on any atom is -0.325 e. The zero-order chi connectivity index (χ0) is 19.7. The van der Waals surface area contributed by atoms with Crippen LogP contribution in [-0.4, -0.2) is 15.5 Å². The van der Waals surface area contributed by atoms with Crippen molar-refractivity contribution in [3.8, 4) is 11.4 Å². The monoisotopic (exact) mass is 429 g/mol. The highest BCUT2D eigenvalue weighted by molar-refractivity contribution is 6.36. The van der Waals surface area contributed by atoms with Gasteiger partial charge in [-0.15, -0.1) is 0 Å². The largest absolute Gasteiger partial charge is 0.325 e. The highest BCUT2D eigenvalue weighted by Gasteiger charge is 2.17. The van der Waals surface area contributed by atoms with Gasteiger partial charge in [0.15, 0.2) is 0 Å². The van der Waals surface area contributed by atoms with Gasteiger partial charge in [0, 0.05) is 21.3 Å². The number of carbonyl (C=O) groups excluding carboxylic acids is 1. The molecule has 0 atom stereocenters. The minimum atomic E-state index is -0.184. The molecule has 4 rings (SSSR count). The standard InChI is InChI=1S/C21H14Cl3N3O/c22-13-5-8-15(9-6-13)25-20(28)12-27-19-4-2-1-3-18(19)26-21(27)16-10-7-14(23)11-17(16)24/h1-11H,12H2,(H,25,28). The molecule has 3 aromatic carbocycles. The summed E-state index contributed by atoms with van der Waals surface area (Å²) < 4.78 is 1.84. The van der Waals surface area contributed by atoms with E-state index in [1.165, 1.54) is 0 Å². The van der Waals surface area contributed by atoms with E-state index < -0.39 is 0 Å². The number of benzene rings is 3. The maximum atomic E-state index is 12.7. The SMILES string of the molecule is O=C(Cn1c(-c2ccc(Cl)cc2Cl)nc2ccccc21)Nc1ccc(Cl)cc1. The molecule has 0 aliphatic rings. The van der Waals surface area contributed by atoms with Crippen molar-refractivity contribution in [2.24, 2.45) is 0 Å². The Morgan fingerprint density at radius 3 is 2.39 bits per heavy atom. The summed E-state index contributed by atoms with van der Waals surface area (Å²) in [5, 5.41) is 4.50. The van der Waals surface area contributed by atoms with Gasteiger partial charge >= 0.3 is 0 Å². The number of para-hydroxylation sites is 2. The Hall–Kier alpha value is -2.53. The number of imidazole rings is 1. The number of rotatable bonds is 4.